The van der Waals surface area contributed by atoms with Gasteiger partial charge in [0.2, 0.25) is 5.91 Å². The lowest BCUT2D eigenvalue weighted by Gasteiger charge is -2.26. The van der Waals surface area contributed by atoms with Gasteiger partial charge in [-0.2, -0.15) is 0 Å². The molecule has 1 aromatic rings. The van der Waals surface area contributed by atoms with E-state index >= 15 is 0 Å². The molecule has 1 amide bonds. The van der Waals surface area contributed by atoms with Crippen LogP contribution in [0.1, 0.15) is 26.7 Å². The van der Waals surface area contributed by atoms with Crippen molar-refractivity contribution >= 4 is 23.6 Å². The number of aliphatic carboxylic acids is 1. The first-order valence-electron chi connectivity index (χ1n) is 6.84. The fourth-order valence-corrected chi connectivity index (χ4v) is 2.69. The summed E-state index contributed by atoms with van der Waals surface area (Å²) in [6, 6.07) is 6.27. The van der Waals surface area contributed by atoms with Crippen LogP contribution in [-0.2, 0) is 9.59 Å². The maximum atomic E-state index is 13.4. The van der Waals surface area contributed by atoms with Gasteiger partial charge in [-0.15, -0.1) is 11.8 Å². The van der Waals surface area contributed by atoms with Crippen molar-refractivity contribution in [3.05, 3.63) is 30.1 Å². The first-order chi connectivity index (χ1) is 9.95. The standard InChI is InChI=1S/C15H20FNO3S/c1-3-11(2)17(10-15(19)20)14(18)8-9-21-13-7-5-4-6-12(13)16/h4-7,11H,3,8-10H2,1-2H3,(H,19,20). The molecular weight excluding hydrogens is 293 g/mol. The summed E-state index contributed by atoms with van der Waals surface area (Å²) < 4.78 is 13.4. The molecule has 0 fully saturated rings. The van der Waals surface area contributed by atoms with Crippen molar-refractivity contribution in [3.63, 3.8) is 0 Å². The van der Waals surface area contributed by atoms with E-state index in [2.05, 4.69) is 0 Å². The van der Waals surface area contributed by atoms with Crippen LogP contribution in [-0.4, -0.2) is 40.2 Å². The summed E-state index contributed by atoms with van der Waals surface area (Å²) in [7, 11) is 0. The van der Waals surface area contributed by atoms with Crippen LogP contribution in [0.5, 0.6) is 0 Å². The highest BCUT2D eigenvalue weighted by atomic mass is 32.2. The molecule has 1 aromatic carbocycles. The third kappa shape index (κ3) is 5.75. The number of thioether (sulfide) groups is 1. The molecule has 0 saturated carbocycles. The van der Waals surface area contributed by atoms with E-state index in [1.807, 2.05) is 13.8 Å². The largest absolute Gasteiger partial charge is 0.480 e. The summed E-state index contributed by atoms with van der Waals surface area (Å²) >= 11 is 1.26. The van der Waals surface area contributed by atoms with Gasteiger partial charge in [-0.1, -0.05) is 19.1 Å². The van der Waals surface area contributed by atoms with E-state index in [0.29, 0.717) is 17.1 Å². The second kappa shape index (κ2) is 8.67. The Labute approximate surface area is 128 Å². The van der Waals surface area contributed by atoms with Crippen LogP contribution in [0.4, 0.5) is 4.39 Å². The molecule has 0 aliphatic carbocycles. The molecule has 1 atom stereocenters. The smallest absolute Gasteiger partial charge is 0.323 e. The topological polar surface area (TPSA) is 57.6 Å². The van der Waals surface area contributed by atoms with Gasteiger partial charge in [0.1, 0.15) is 12.4 Å². The van der Waals surface area contributed by atoms with Gasteiger partial charge in [0, 0.05) is 23.1 Å². The third-order valence-electron chi connectivity index (χ3n) is 3.16. The van der Waals surface area contributed by atoms with Gasteiger partial charge < -0.3 is 10.0 Å². The molecule has 1 N–H and O–H groups in total. The molecule has 1 rings (SSSR count). The summed E-state index contributed by atoms with van der Waals surface area (Å²) in [5.41, 5.74) is 0. The second-order valence-electron chi connectivity index (χ2n) is 4.70. The van der Waals surface area contributed by atoms with Crippen molar-refractivity contribution in [2.75, 3.05) is 12.3 Å². The Hall–Kier alpha value is -1.56. The normalized spacial score (nSPS) is 12.0. The molecule has 4 nitrogen and oxygen atoms in total. The minimum Gasteiger partial charge on any atom is -0.480 e. The van der Waals surface area contributed by atoms with Gasteiger partial charge in [0.05, 0.1) is 0 Å². The second-order valence-corrected chi connectivity index (χ2v) is 5.84. The molecule has 116 valence electrons. The molecule has 0 bridgehead atoms. The Morgan fingerprint density at radius 3 is 2.62 bits per heavy atom. The Morgan fingerprint density at radius 1 is 1.38 bits per heavy atom. The number of carbonyl (C=O) groups is 2. The number of hydrogen-bond acceptors (Lipinski definition) is 3. The molecule has 1 unspecified atom stereocenters. The average Bonchev–Trinajstić information content (AvgIpc) is 2.45. The first kappa shape index (κ1) is 17.5. The highest BCUT2D eigenvalue weighted by Gasteiger charge is 2.21. The average molecular weight is 313 g/mol. The van der Waals surface area contributed by atoms with Gasteiger partial charge in [-0.05, 0) is 25.5 Å². The van der Waals surface area contributed by atoms with Crippen molar-refractivity contribution in [2.45, 2.75) is 37.6 Å². The molecule has 0 aliphatic rings. The summed E-state index contributed by atoms with van der Waals surface area (Å²) in [5.74, 6) is -1.12. The fourth-order valence-electron chi connectivity index (χ4n) is 1.81. The molecule has 0 heterocycles. The van der Waals surface area contributed by atoms with Crippen LogP contribution in [0.15, 0.2) is 29.2 Å². The minimum absolute atomic E-state index is 0.118. The van der Waals surface area contributed by atoms with Crippen LogP contribution >= 0.6 is 11.8 Å². The van der Waals surface area contributed by atoms with E-state index in [1.165, 1.54) is 22.7 Å². The monoisotopic (exact) mass is 313 g/mol. The van der Waals surface area contributed by atoms with Crippen molar-refractivity contribution in [1.82, 2.24) is 4.90 Å². The molecular formula is C15H20FNO3S. The number of carboxylic acid groups (broad SMARTS) is 1. The maximum Gasteiger partial charge on any atom is 0.323 e. The van der Waals surface area contributed by atoms with Crippen LogP contribution in [0, 0.1) is 5.82 Å². The zero-order chi connectivity index (χ0) is 15.8. The van der Waals surface area contributed by atoms with E-state index in [4.69, 9.17) is 5.11 Å². The van der Waals surface area contributed by atoms with Crippen molar-refractivity contribution < 1.29 is 19.1 Å². The van der Waals surface area contributed by atoms with E-state index in [9.17, 15) is 14.0 Å². The molecule has 0 spiro atoms. The Morgan fingerprint density at radius 2 is 2.05 bits per heavy atom. The Bertz CT molecular complexity index is 496. The quantitative estimate of drug-likeness (QED) is 0.750. The number of carbonyl (C=O) groups excluding carboxylic acids is 1. The third-order valence-corrected chi connectivity index (χ3v) is 4.21. The van der Waals surface area contributed by atoms with Crippen LogP contribution in [0.2, 0.25) is 0 Å². The van der Waals surface area contributed by atoms with E-state index < -0.39 is 5.97 Å². The lowest BCUT2D eigenvalue weighted by atomic mass is 10.2. The predicted octanol–water partition coefficient (Wildman–Crippen LogP) is 3.02. The summed E-state index contributed by atoms with van der Waals surface area (Å²) in [6.07, 6.45) is 0.885. The van der Waals surface area contributed by atoms with Crippen LogP contribution in [0.25, 0.3) is 0 Å². The highest BCUT2D eigenvalue weighted by Crippen LogP contribution is 2.22. The zero-order valence-corrected chi connectivity index (χ0v) is 13.0. The highest BCUT2D eigenvalue weighted by molar-refractivity contribution is 7.99. The molecule has 21 heavy (non-hydrogen) atoms. The molecule has 0 radical (unpaired) electrons. The molecule has 6 heteroatoms. The van der Waals surface area contributed by atoms with E-state index in [1.54, 1.807) is 18.2 Å². The molecule has 0 saturated heterocycles. The number of carboxylic acids is 1. The zero-order valence-electron chi connectivity index (χ0n) is 12.2. The molecule has 0 aromatic heterocycles. The number of rotatable bonds is 8. The Kier molecular flexibility index (Phi) is 7.22. The Balaban J connectivity index is 2.54. The molecule has 0 aliphatic heterocycles. The van der Waals surface area contributed by atoms with Crippen LogP contribution in [0.3, 0.4) is 0 Å². The number of halogens is 1. The van der Waals surface area contributed by atoms with E-state index in [0.717, 1.165) is 0 Å². The van der Waals surface area contributed by atoms with Crippen LogP contribution < -0.4 is 0 Å². The summed E-state index contributed by atoms with van der Waals surface area (Å²) in [6.45, 7) is 3.43. The SMILES string of the molecule is CCC(C)N(CC(=O)O)C(=O)CCSc1ccccc1F. The van der Waals surface area contributed by atoms with Gasteiger partial charge in [-0.25, -0.2) is 4.39 Å². The number of amides is 1. The van der Waals surface area contributed by atoms with Gasteiger partial charge in [-0.3, -0.25) is 9.59 Å². The number of hydrogen-bond donors (Lipinski definition) is 1. The van der Waals surface area contributed by atoms with Gasteiger partial charge >= 0.3 is 5.97 Å². The van der Waals surface area contributed by atoms with Crippen molar-refractivity contribution in [2.24, 2.45) is 0 Å². The minimum atomic E-state index is -1.02. The summed E-state index contributed by atoms with van der Waals surface area (Å²) in [4.78, 5) is 24.8. The van der Waals surface area contributed by atoms with Gasteiger partial charge in [0.25, 0.3) is 0 Å². The van der Waals surface area contributed by atoms with Crippen molar-refractivity contribution in [1.29, 1.82) is 0 Å². The van der Waals surface area contributed by atoms with Crippen molar-refractivity contribution in [3.8, 4) is 0 Å². The lowest BCUT2D eigenvalue weighted by Crippen LogP contribution is -2.41. The number of nitrogens with zero attached hydrogens (tertiary/aromatic N) is 1. The lowest BCUT2D eigenvalue weighted by molar-refractivity contribution is -0.145. The maximum absolute atomic E-state index is 13.4. The fraction of sp³-hybridized carbons (Fsp3) is 0.467. The first-order valence-corrected chi connectivity index (χ1v) is 7.82. The van der Waals surface area contributed by atoms with E-state index in [-0.39, 0.29) is 30.7 Å². The predicted molar refractivity (Wildman–Crippen MR) is 80.8 cm³/mol. The number of benzene rings is 1. The van der Waals surface area contributed by atoms with Gasteiger partial charge in [0.15, 0.2) is 0 Å². The summed E-state index contributed by atoms with van der Waals surface area (Å²) in [5, 5.41) is 8.87.